The SMILES string of the molecule is CCCC(CCC)NC(C)C(=O)NC(C)(C)C. The van der Waals surface area contributed by atoms with E-state index < -0.39 is 0 Å². The number of carbonyl (C=O) groups excluding carboxylic acids is 1. The summed E-state index contributed by atoms with van der Waals surface area (Å²) in [5.74, 6) is 0.0923. The zero-order chi connectivity index (χ0) is 13.5. The van der Waals surface area contributed by atoms with E-state index in [2.05, 4.69) is 24.5 Å². The Hall–Kier alpha value is -0.570. The monoisotopic (exact) mass is 242 g/mol. The number of nitrogens with one attached hydrogen (secondary N) is 2. The Morgan fingerprint density at radius 2 is 1.59 bits per heavy atom. The smallest absolute Gasteiger partial charge is 0.237 e. The summed E-state index contributed by atoms with van der Waals surface area (Å²) in [6.07, 6.45) is 4.60. The van der Waals surface area contributed by atoms with E-state index in [1.165, 1.54) is 0 Å². The summed E-state index contributed by atoms with van der Waals surface area (Å²) in [4.78, 5) is 11.9. The molecule has 102 valence electrons. The molecule has 0 aliphatic rings. The lowest BCUT2D eigenvalue weighted by Crippen LogP contribution is -2.51. The van der Waals surface area contributed by atoms with Gasteiger partial charge < -0.3 is 10.6 Å². The molecular formula is C14H30N2O. The third kappa shape index (κ3) is 8.19. The number of hydrogen-bond acceptors (Lipinski definition) is 2. The molecule has 0 rings (SSSR count). The van der Waals surface area contributed by atoms with Crippen molar-refractivity contribution >= 4 is 5.91 Å². The molecule has 1 atom stereocenters. The number of carbonyl (C=O) groups is 1. The summed E-state index contributed by atoms with van der Waals surface area (Å²) in [6, 6.07) is 0.350. The van der Waals surface area contributed by atoms with Crippen LogP contribution in [0.2, 0.25) is 0 Å². The van der Waals surface area contributed by atoms with Crippen molar-refractivity contribution in [2.24, 2.45) is 0 Å². The Morgan fingerprint density at radius 1 is 1.12 bits per heavy atom. The Kier molecular flexibility index (Phi) is 7.44. The van der Waals surface area contributed by atoms with Crippen LogP contribution in [-0.2, 0) is 4.79 Å². The fourth-order valence-corrected chi connectivity index (χ4v) is 1.92. The van der Waals surface area contributed by atoms with Crippen molar-refractivity contribution in [2.45, 2.75) is 84.8 Å². The summed E-state index contributed by atoms with van der Waals surface area (Å²) < 4.78 is 0. The minimum atomic E-state index is -0.155. The van der Waals surface area contributed by atoms with Crippen LogP contribution in [0.25, 0.3) is 0 Å². The normalized spacial score (nSPS) is 13.8. The van der Waals surface area contributed by atoms with Crippen LogP contribution in [0.3, 0.4) is 0 Å². The molecule has 0 aliphatic heterocycles. The highest BCUT2D eigenvalue weighted by Gasteiger charge is 2.20. The van der Waals surface area contributed by atoms with Crippen molar-refractivity contribution in [3.8, 4) is 0 Å². The molecule has 1 amide bonds. The molecular weight excluding hydrogens is 212 g/mol. The zero-order valence-electron chi connectivity index (χ0n) is 12.4. The van der Waals surface area contributed by atoms with Crippen LogP contribution in [0.4, 0.5) is 0 Å². The van der Waals surface area contributed by atoms with E-state index in [1.807, 2.05) is 27.7 Å². The zero-order valence-corrected chi connectivity index (χ0v) is 12.4. The molecule has 0 aliphatic carbocycles. The quantitative estimate of drug-likeness (QED) is 0.721. The third-order valence-corrected chi connectivity index (χ3v) is 2.65. The first-order chi connectivity index (χ1) is 7.80. The van der Waals surface area contributed by atoms with E-state index in [0.29, 0.717) is 6.04 Å². The van der Waals surface area contributed by atoms with Crippen molar-refractivity contribution < 1.29 is 4.79 Å². The number of rotatable bonds is 7. The van der Waals surface area contributed by atoms with Gasteiger partial charge >= 0.3 is 0 Å². The van der Waals surface area contributed by atoms with Crippen LogP contribution in [0.5, 0.6) is 0 Å². The Balaban J connectivity index is 4.19. The topological polar surface area (TPSA) is 41.1 Å². The van der Waals surface area contributed by atoms with E-state index in [4.69, 9.17) is 0 Å². The van der Waals surface area contributed by atoms with E-state index in [-0.39, 0.29) is 17.5 Å². The fraction of sp³-hybridized carbons (Fsp3) is 0.929. The van der Waals surface area contributed by atoms with E-state index in [1.54, 1.807) is 0 Å². The average molecular weight is 242 g/mol. The van der Waals surface area contributed by atoms with Gasteiger partial charge in [0.1, 0.15) is 0 Å². The standard InChI is InChI=1S/C14H30N2O/c1-7-9-12(10-8-2)15-11(3)13(17)16-14(4,5)6/h11-12,15H,7-10H2,1-6H3,(H,16,17). The molecule has 0 bridgehead atoms. The van der Waals surface area contributed by atoms with Gasteiger partial charge in [0.2, 0.25) is 5.91 Å². The van der Waals surface area contributed by atoms with Crippen molar-refractivity contribution in [2.75, 3.05) is 0 Å². The summed E-state index contributed by atoms with van der Waals surface area (Å²) in [5, 5.41) is 6.44. The molecule has 0 spiro atoms. The van der Waals surface area contributed by atoms with E-state index >= 15 is 0 Å². The van der Waals surface area contributed by atoms with Crippen LogP contribution < -0.4 is 10.6 Å². The van der Waals surface area contributed by atoms with Gasteiger partial charge in [0.15, 0.2) is 0 Å². The van der Waals surface area contributed by atoms with E-state index in [9.17, 15) is 4.79 Å². The van der Waals surface area contributed by atoms with Crippen LogP contribution in [-0.4, -0.2) is 23.5 Å². The molecule has 1 unspecified atom stereocenters. The second-order valence-corrected chi connectivity index (χ2v) is 5.90. The average Bonchev–Trinajstić information content (AvgIpc) is 2.15. The van der Waals surface area contributed by atoms with Crippen molar-refractivity contribution in [3.05, 3.63) is 0 Å². The predicted molar refractivity (Wildman–Crippen MR) is 74.1 cm³/mol. The van der Waals surface area contributed by atoms with Crippen molar-refractivity contribution in [1.82, 2.24) is 10.6 Å². The van der Waals surface area contributed by atoms with Gasteiger partial charge in [-0.05, 0) is 40.5 Å². The largest absolute Gasteiger partial charge is 0.350 e. The first-order valence-corrected chi connectivity index (χ1v) is 6.88. The highest BCUT2D eigenvalue weighted by molar-refractivity contribution is 5.81. The van der Waals surface area contributed by atoms with Crippen LogP contribution in [0.1, 0.15) is 67.2 Å². The maximum absolute atomic E-state index is 11.9. The van der Waals surface area contributed by atoms with Gasteiger partial charge in [0.05, 0.1) is 6.04 Å². The lowest BCUT2D eigenvalue weighted by molar-refractivity contribution is -0.124. The van der Waals surface area contributed by atoms with Gasteiger partial charge in [-0.1, -0.05) is 26.7 Å². The van der Waals surface area contributed by atoms with Gasteiger partial charge in [0, 0.05) is 11.6 Å². The Labute approximate surface area is 107 Å². The van der Waals surface area contributed by atoms with E-state index in [0.717, 1.165) is 25.7 Å². The first kappa shape index (κ1) is 16.4. The molecule has 0 saturated heterocycles. The minimum absolute atomic E-state index is 0.0923. The lowest BCUT2D eigenvalue weighted by atomic mass is 10.0. The number of hydrogen-bond donors (Lipinski definition) is 2. The molecule has 0 saturated carbocycles. The highest BCUT2D eigenvalue weighted by Crippen LogP contribution is 2.06. The van der Waals surface area contributed by atoms with Gasteiger partial charge in [-0.3, -0.25) is 4.79 Å². The molecule has 0 heterocycles. The van der Waals surface area contributed by atoms with Crippen LogP contribution >= 0.6 is 0 Å². The first-order valence-electron chi connectivity index (χ1n) is 6.88. The maximum Gasteiger partial charge on any atom is 0.237 e. The third-order valence-electron chi connectivity index (χ3n) is 2.65. The summed E-state index contributed by atoms with van der Waals surface area (Å²) >= 11 is 0. The van der Waals surface area contributed by atoms with Crippen LogP contribution in [0.15, 0.2) is 0 Å². The molecule has 0 fully saturated rings. The Morgan fingerprint density at radius 3 is 1.94 bits per heavy atom. The summed E-state index contributed by atoms with van der Waals surface area (Å²) in [5.41, 5.74) is -0.155. The maximum atomic E-state index is 11.9. The van der Waals surface area contributed by atoms with Crippen molar-refractivity contribution in [3.63, 3.8) is 0 Å². The fourth-order valence-electron chi connectivity index (χ4n) is 1.92. The second kappa shape index (κ2) is 7.70. The van der Waals surface area contributed by atoms with Crippen molar-refractivity contribution in [1.29, 1.82) is 0 Å². The van der Waals surface area contributed by atoms with Gasteiger partial charge in [0.25, 0.3) is 0 Å². The second-order valence-electron chi connectivity index (χ2n) is 5.90. The molecule has 2 N–H and O–H groups in total. The molecule has 0 radical (unpaired) electrons. The molecule has 0 aromatic rings. The highest BCUT2D eigenvalue weighted by atomic mass is 16.2. The van der Waals surface area contributed by atoms with Gasteiger partial charge in [-0.2, -0.15) is 0 Å². The predicted octanol–water partition coefficient (Wildman–Crippen LogP) is 2.85. The summed E-state index contributed by atoms with van der Waals surface area (Å²) in [7, 11) is 0. The Bertz CT molecular complexity index is 215. The summed E-state index contributed by atoms with van der Waals surface area (Å²) in [6.45, 7) is 12.3. The molecule has 0 aromatic carbocycles. The minimum Gasteiger partial charge on any atom is -0.350 e. The molecule has 3 nitrogen and oxygen atoms in total. The lowest BCUT2D eigenvalue weighted by Gasteiger charge is -2.26. The van der Waals surface area contributed by atoms with Crippen LogP contribution in [0, 0.1) is 0 Å². The van der Waals surface area contributed by atoms with Gasteiger partial charge in [-0.15, -0.1) is 0 Å². The number of amides is 1. The van der Waals surface area contributed by atoms with Gasteiger partial charge in [-0.25, -0.2) is 0 Å². The molecule has 0 aromatic heterocycles. The molecule has 3 heteroatoms. The molecule has 17 heavy (non-hydrogen) atoms.